The van der Waals surface area contributed by atoms with Crippen molar-refractivity contribution in [1.29, 1.82) is 0 Å². The molecule has 26 heavy (non-hydrogen) atoms. The van der Waals surface area contributed by atoms with Gasteiger partial charge in [-0.05, 0) is 42.9 Å². The highest BCUT2D eigenvalue weighted by Crippen LogP contribution is 2.32. The average Bonchev–Trinajstić information content (AvgIpc) is 3.12. The Kier molecular flexibility index (Phi) is 4.63. The van der Waals surface area contributed by atoms with Crippen molar-refractivity contribution >= 4 is 11.7 Å². The lowest BCUT2D eigenvalue weighted by molar-refractivity contribution is 0.0962. The SMILES string of the molecule is O=C1CC(c2cc(F)cc(F)c2)Cc2nc(NCC3CCCO3)ncc21. The number of rotatable bonds is 4. The molecule has 1 aromatic heterocycles. The van der Waals surface area contributed by atoms with Gasteiger partial charge in [0.05, 0.1) is 17.4 Å². The van der Waals surface area contributed by atoms with E-state index in [9.17, 15) is 13.6 Å². The molecule has 5 nitrogen and oxygen atoms in total. The minimum Gasteiger partial charge on any atom is -0.376 e. The van der Waals surface area contributed by atoms with Gasteiger partial charge in [0.1, 0.15) is 11.6 Å². The number of ether oxygens (including phenoxy) is 1. The fraction of sp³-hybridized carbons (Fsp3) is 0.421. The van der Waals surface area contributed by atoms with E-state index in [0.29, 0.717) is 35.7 Å². The molecule has 1 N–H and O–H groups in total. The monoisotopic (exact) mass is 359 g/mol. The molecular formula is C19H19F2N3O2. The number of aromatic nitrogens is 2. The molecule has 0 saturated carbocycles. The van der Waals surface area contributed by atoms with Crippen LogP contribution in [0.3, 0.4) is 0 Å². The van der Waals surface area contributed by atoms with Crippen LogP contribution < -0.4 is 5.32 Å². The van der Waals surface area contributed by atoms with Gasteiger partial charge in [0.2, 0.25) is 5.95 Å². The highest BCUT2D eigenvalue weighted by Gasteiger charge is 2.29. The minimum atomic E-state index is -0.639. The van der Waals surface area contributed by atoms with Gasteiger partial charge in [0, 0.05) is 31.8 Å². The number of carbonyl (C=O) groups excluding carboxylic acids is 1. The second kappa shape index (κ2) is 7.07. The Morgan fingerprint density at radius 3 is 2.73 bits per heavy atom. The Hall–Kier alpha value is -2.41. The molecule has 2 atom stereocenters. The molecule has 2 aliphatic rings. The predicted molar refractivity (Wildman–Crippen MR) is 91.2 cm³/mol. The Labute approximate surface area is 149 Å². The van der Waals surface area contributed by atoms with Gasteiger partial charge in [-0.3, -0.25) is 4.79 Å². The first-order valence-electron chi connectivity index (χ1n) is 8.79. The van der Waals surface area contributed by atoms with Crippen LogP contribution in [0.15, 0.2) is 24.4 Å². The molecule has 2 heterocycles. The topological polar surface area (TPSA) is 64.1 Å². The summed E-state index contributed by atoms with van der Waals surface area (Å²) in [5, 5.41) is 3.15. The van der Waals surface area contributed by atoms with Crippen LogP contribution in [0.25, 0.3) is 0 Å². The lowest BCUT2D eigenvalue weighted by atomic mass is 9.82. The molecule has 1 aliphatic heterocycles. The zero-order valence-electron chi connectivity index (χ0n) is 14.2. The Morgan fingerprint density at radius 1 is 1.19 bits per heavy atom. The maximum atomic E-state index is 13.5. The summed E-state index contributed by atoms with van der Waals surface area (Å²) < 4.78 is 32.6. The Bertz CT molecular complexity index is 817. The summed E-state index contributed by atoms with van der Waals surface area (Å²) >= 11 is 0. The molecule has 136 valence electrons. The third-order valence-corrected chi connectivity index (χ3v) is 4.91. The zero-order chi connectivity index (χ0) is 18.1. The van der Waals surface area contributed by atoms with E-state index in [1.807, 2.05) is 0 Å². The molecule has 2 aromatic rings. The summed E-state index contributed by atoms with van der Waals surface area (Å²) in [5.74, 6) is -1.23. The van der Waals surface area contributed by atoms with Gasteiger partial charge in [-0.1, -0.05) is 0 Å². The number of hydrogen-bond donors (Lipinski definition) is 1. The van der Waals surface area contributed by atoms with Crippen molar-refractivity contribution in [2.24, 2.45) is 0 Å². The molecule has 1 aromatic carbocycles. The molecule has 7 heteroatoms. The third-order valence-electron chi connectivity index (χ3n) is 4.91. The van der Waals surface area contributed by atoms with Crippen LogP contribution in [0.2, 0.25) is 0 Å². The van der Waals surface area contributed by atoms with Crippen molar-refractivity contribution in [2.45, 2.75) is 37.7 Å². The van der Waals surface area contributed by atoms with E-state index >= 15 is 0 Å². The fourth-order valence-electron chi connectivity index (χ4n) is 3.59. The highest BCUT2D eigenvalue weighted by atomic mass is 19.1. The molecule has 2 unspecified atom stereocenters. The predicted octanol–water partition coefficient (Wildman–Crippen LogP) is 3.26. The second-order valence-corrected chi connectivity index (χ2v) is 6.80. The molecule has 0 spiro atoms. The van der Waals surface area contributed by atoms with Crippen LogP contribution in [0.1, 0.15) is 46.8 Å². The molecule has 1 fully saturated rings. The first-order valence-corrected chi connectivity index (χ1v) is 8.79. The molecule has 0 amide bonds. The summed E-state index contributed by atoms with van der Waals surface area (Å²) in [7, 11) is 0. The zero-order valence-corrected chi connectivity index (χ0v) is 14.2. The van der Waals surface area contributed by atoms with Crippen molar-refractivity contribution in [3.05, 3.63) is 52.9 Å². The Balaban J connectivity index is 1.53. The van der Waals surface area contributed by atoms with Crippen molar-refractivity contribution < 1.29 is 18.3 Å². The summed E-state index contributed by atoms with van der Waals surface area (Å²) in [6.07, 6.45) is 4.38. The van der Waals surface area contributed by atoms with E-state index in [2.05, 4.69) is 15.3 Å². The molecular weight excluding hydrogens is 340 g/mol. The first-order chi connectivity index (χ1) is 12.6. The van der Waals surface area contributed by atoms with Gasteiger partial charge in [-0.2, -0.15) is 0 Å². The van der Waals surface area contributed by atoms with Crippen LogP contribution in [-0.2, 0) is 11.2 Å². The van der Waals surface area contributed by atoms with Crippen LogP contribution in [0.4, 0.5) is 14.7 Å². The van der Waals surface area contributed by atoms with E-state index in [1.54, 1.807) is 0 Å². The van der Waals surface area contributed by atoms with Crippen LogP contribution >= 0.6 is 0 Å². The van der Waals surface area contributed by atoms with Crippen molar-refractivity contribution in [3.63, 3.8) is 0 Å². The van der Waals surface area contributed by atoms with E-state index in [4.69, 9.17) is 4.74 Å². The fourth-order valence-corrected chi connectivity index (χ4v) is 3.59. The number of nitrogens with one attached hydrogen (secondary N) is 1. The number of halogens is 2. The summed E-state index contributed by atoms with van der Waals surface area (Å²) in [5.41, 5.74) is 1.58. The number of ketones is 1. The molecule has 4 rings (SSSR count). The van der Waals surface area contributed by atoms with Crippen molar-refractivity contribution in [3.8, 4) is 0 Å². The van der Waals surface area contributed by atoms with E-state index < -0.39 is 11.6 Å². The molecule has 1 saturated heterocycles. The van der Waals surface area contributed by atoms with Gasteiger partial charge in [0.25, 0.3) is 0 Å². The number of carbonyl (C=O) groups is 1. The number of anilines is 1. The van der Waals surface area contributed by atoms with Crippen molar-refractivity contribution in [2.75, 3.05) is 18.5 Å². The maximum Gasteiger partial charge on any atom is 0.222 e. The highest BCUT2D eigenvalue weighted by molar-refractivity contribution is 5.98. The number of fused-ring (bicyclic) bond motifs is 1. The molecule has 0 bridgehead atoms. The normalized spacial score (nSPS) is 22.3. The number of benzene rings is 1. The number of Topliss-reactive ketones (excluding diaryl/α,β-unsaturated/α-hetero) is 1. The summed E-state index contributed by atoms with van der Waals surface area (Å²) in [6.45, 7) is 1.39. The lowest BCUT2D eigenvalue weighted by Crippen LogP contribution is -2.23. The van der Waals surface area contributed by atoms with Gasteiger partial charge < -0.3 is 10.1 Å². The van der Waals surface area contributed by atoms with Gasteiger partial charge in [-0.15, -0.1) is 0 Å². The number of nitrogens with zero attached hydrogens (tertiary/aromatic N) is 2. The average molecular weight is 359 g/mol. The molecule has 1 aliphatic carbocycles. The van der Waals surface area contributed by atoms with Crippen LogP contribution in [-0.4, -0.2) is 35.0 Å². The van der Waals surface area contributed by atoms with Crippen LogP contribution in [0, 0.1) is 11.6 Å². The Morgan fingerprint density at radius 2 is 2.00 bits per heavy atom. The second-order valence-electron chi connectivity index (χ2n) is 6.80. The van der Waals surface area contributed by atoms with E-state index in [-0.39, 0.29) is 24.2 Å². The van der Waals surface area contributed by atoms with Gasteiger partial charge in [0.15, 0.2) is 5.78 Å². The van der Waals surface area contributed by atoms with Gasteiger partial charge in [-0.25, -0.2) is 18.7 Å². The van der Waals surface area contributed by atoms with Crippen LogP contribution in [0.5, 0.6) is 0 Å². The lowest BCUT2D eigenvalue weighted by Gasteiger charge is -2.23. The third kappa shape index (κ3) is 3.58. The summed E-state index contributed by atoms with van der Waals surface area (Å²) in [6, 6.07) is 3.39. The maximum absolute atomic E-state index is 13.5. The van der Waals surface area contributed by atoms with E-state index in [1.165, 1.54) is 18.3 Å². The number of hydrogen-bond acceptors (Lipinski definition) is 5. The van der Waals surface area contributed by atoms with Gasteiger partial charge >= 0.3 is 0 Å². The molecule has 0 radical (unpaired) electrons. The summed E-state index contributed by atoms with van der Waals surface area (Å²) in [4.78, 5) is 21.1. The minimum absolute atomic E-state index is 0.105. The smallest absolute Gasteiger partial charge is 0.222 e. The van der Waals surface area contributed by atoms with E-state index in [0.717, 1.165) is 25.5 Å². The largest absolute Gasteiger partial charge is 0.376 e. The van der Waals surface area contributed by atoms with Crippen molar-refractivity contribution in [1.82, 2.24) is 9.97 Å². The first kappa shape index (κ1) is 17.0. The standard InChI is InChI=1S/C19H19F2N3O2/c20-13-4-11(5-14(21)8-13)12-6-17-16(18(25)7-12)10-23-19(24-17)22-9-15-2-1-3-26-15/h4-5,8,10,12,15H,1-3,6-7,9H2,(H,22,23,24). The quantitative estimate of drug-likeness (QED) is 0.908.